The number of nitrogens with zero attached hydrogens (tertiary/aromatic N) is 5. The lowest BCUT2D eigenvalue weighted by Crippen LogP contribution is -2.40. The molecule has 5 rings (SSSR count). The topological polar surface area (TPSA) is 128 Å². The standard InChI is InChI=1S/C28H31F3N6O3S/c1-12-21(26-35-22-13(2)32-7-6-20(22)41-26)25(34-19-10-16(28(3,4)40)23(38)24(19)39)36-27(33-12)37(5)11-15-17(30)8-14(29)9-18(15)31/h6-9,16,19,23-24,38-40H,10-11H2,1-5H3,(H,33,34,36)/t16-,19?,23+,24-/m0/s1. The Hall–Kier alpha value is -3.39. The van der Waals surface area contributed by atoms with Crippen LogP contribution in [0, 0.1) is 37.2 Å². The SMILES string of the molecule is Cc1nc(N(C)Cc2c(F)cc(F)cc2F)nc(NC2C[C@H](C(C)(C)O)[C@@H](O)[C@H]2O)c1-c1nc2c(C)nccc2s1. The van der Waals surface area contributed by atoms with Gasteiger partial charge >= 0.3 is 0 Å². The lowest BCUT2D eigenvalue weighted by Gasteiger charge is -2.28. The molecule has 3 heterocycles. The van der Waals surface area contributed by atoms with Crippen LogP contribution in [0.25, 0.3) is 20.8 Å². The van der Waals surface area contributed by atoms with Crippen LogP contribution in [0.3, 0.4) is 0 Å². The molecular formula is C28H31F3N6O3S. The van der Waals surface area contributed by atoms with Gasteiger partial charge in [-0.3, -0.25) is 4.98 Å². The molecule has 1 unspecified atom stereocenters. The minimum Gasteiger partial charge on any atom is -0.390 e. The van der Waals surface area contributed by atoms with Crippen molar-refractivity contribution in [2.45, 2.75) is 64.5 Å². The third kappa shape index (κ3) is 5.59. The van der Waals surface area contributed by atoms with Gasteiger partial charge in [0, 0.05) is 36.9 Å². The highest BCUT2D eigenvalue weighted by atomic mass is 32.1. The summed E-state index contributed by atoms with van der Waals surface area (Å²) >= 11 is 1.41. The molecule has 1 fully saturated rings. The molecule has 4 atom stereocenters. The molecule has 0 amide bonds. The Balaban J connectivity index is 1.58. The highest BCUT2D eigenvalue weighted by molar-refractivity contribution is 7.21. The van der Waals surface area contributed by atoms with Gasteiger partial charge in [-0.2, -0.15) is 4.98 Å². The number of rotatable bonds is 7. The molecule has 0 spiro atoms. The van der Waals surface area contributed by atoms with E-state index in [-0.39, 0.29) is 30.3 Å². The Morgan fingerprint density at radius 2 is 1.73 bits per heavy atom. The van der Waals surface area contributed by atoms with E-state index in [1.807, 2.05) is 13.0 Å². The monoisotopic (exact) mass is 588 g/mol. The number of halogens is 3. The molecule has 218 valence electrons. The van der Waals surface area contributed by atoms with Crippen molar-refractivity contribution in [3.8, 4) is 10.6 Å². The van der Waals surface area contributed by atoms with Crippen LogP contribution >= 0.6 is 11.3 Å². The average Bonchev–Trinajstić information content (AvgIpc) is 3.43. The first-order valence-corrected chi connectivity index (χ1v) is 13.9. The second-order valence-corrected chi connectivity index (χ2v) is 12.1. The number of pyridine rings is 1. The molecule has 4 aromatic rings. The summed E-state index contributed by atoms with van der Waals surface area (Å²) in [5.74, 6) is -3.28. The molecule has 0 radical (unpaired) electrons. The van der Waals surface area contributed by atoms with E-state index >= 15 is 0 Å². The number of thiazole rings is 1. The lowest BCUT2D eigenvalue weighted by atomic mass is 9.88. The van der Waals surface area contributed by atoms with Gasteiger partial charge in [0.05, 0.1) is 45.9 Å². The molecule has 9 nitrogen and oxygen atoms in total. The van der Waals surface area contributed by atoms with Crippen molar-refractivity contribution in [3.63, 3.8) is 0 Å². The molecule has 0 saturated heterocycles. The van der Waals surface area contributed by atoms with E-state index in [0.717, 1.165) is 15.9 Å². The van der Waals surface area contributed by atoms with Crippen molar-refractivity contribution < 1.29 is 28.5 Å². The first kappa shape index (κ1) is 29.1. The van der Waals surface area contributed by atoms with Crippen LogP contribution in [0.15, 0.2) is 24.4 Å². The van der Waals surface area contributed by atoms with Gasteiger partial charge in [-0.15, -0.1) is 11.3 Å². The maximum absolute atomic E-state index is 14.4. The Morgan fingerprint density at radius 3 is 2.34 bits per heavy atom. The molecule has 0 bridgehead atoms. The zero-order valence-electron chi connectivity index (χ0n) is 23.2. The largest absolute Gasteiger partial charge is 0.390 e. The average molecular weight is 589 g/mol. The summed E-state index contributed by atoms with van der Waals surface area (Å²) < 4.78 is 43.2. The van der Waals surface area contributed by atoms with Gasteiger partial charge in [0.2, 0.25) is 5.95 Å². The van der Waals surface area contributed by atoms with Crippen molar-refractivity contribution in [3.05, 3.63) is 58.8 Å². The maximum atomic E-state index is 14.4. The van der Waals surface area contributed by atoms with E-state index in [1.54, 1.807) is 34.0 Å². The predicted molar refractivity (Wildman–Crippen MR) is 150 cm³/mol. The zero-order chi connectivity index (χ0) is 29.8. The molecule has 3 aromatic heterocycles. The molecule has 1 aliphatic carbocycles. The molecule has 1 aliphatic rings. The van der Waals surface area contributed by atoms with Gasteiger partial charge < -0.3 is 25.5 Å². The zero-order valence-corrected chi connectivity index (χ0v) is 24.0. The van der Waals surface area contributed by atoms with Crippen molar-refractivity contribution in [2.24, 2.45) is 5.92 Å². The van der Waals surface area contributed by atoms with E-state index in [1.165, 1.54) is 16.2 Å². The number of aliphatic hydroxyl groups is 3. The number of fused-ring (bicyclic) bond motifs is 1. The summed E-state index contributed by atoms with van der Waals surface area (Å²) in [5, 5.41) is 35.9. The van der Waals surface area contributed by atoms with E-state index in [4.69, 9.17) is 4.98 Å². The van der Waals surface area contributed by atoms with Gasteiger partial charge in [-0.1, -0.05) is 0 Å². The number of anilines is 2. The summed E-state index contributed by atoms with van der Waals surface area (Å²) in [4.78, 5) is 19.8. The summed E-state index contributed by atoms with van der Waals surface area (Å²) in [7, 11) is 1.55. The Kier molecular flexibility index (Phi) is 7.66. The van der Waals surface area contributed by atoms with E-state index < -0.39 is 47.2 Å². The molecule has 4 N–H and O–H groups in total. The number of benzene rings is 1. The van der Waals surface area contributed by atoms with Gasteiger partial charge in [0.15, 0.2) is 0 Å². The van der Waals surface area contributed by atoms with Crippen molar-refractivity contribution >= 4 is 33.3 Å². The molecule has 41 heavy (non-hydrogen) atoms. The van der Waals surface area contributed by atoms with E-state index in [2.05, 4.69) is 20.3 Å². The number of hydrogen-bond acceptors (Lipinski definition) is 10. The van der Waals surface area contributed by atoms with Crippen LogP contribution in [-0.4, -0.2) is 66.2 Å². The molecule has 13 heteroatoms. The van der Waals surface area contributed by atoms with Crippen molar-refractivity contribution in [1.29, 1.82) is 0 Å². The van der Waals surface area contributed by atoms with E-state index in [9.17, 15) is 28.5 Å². The van der Waals surface area contributed by atoms with Crippen LogP contribution in [0.2, 0.25) is 0 Å². The van der Waals surface area contributed by atoms with Crippen LogP contribution < -0.4 is 10.2 Å². The summed E-state index contributed by atoms with van der Waals surface area (Å²) in [6.07, 6.45) is -0.448. The first-order chi connectivity index (χ1) is 19.2. The van der Waals surface area contributed by atoms with Gasteiger partial charge in [0.1, 0.15) is 39.9 Å². The highest BCUT2D eigenvalue weighted by Gasteiger charge is 2.48. The highest BCUT2D eigenvalue weighted by Crippen LogP contribution is 2.40. The quantitative estimate of drug-likeness (QED) is 0.252. The third-order valence-corrected chi connectivity index (χ3v) is 8.57. The van der Waals surface area contributed by atoms with Crippen molar-refractivity contribution in [1.82, 2.24) is 19.9 Å². The molecule has 1 saturated carbocycles. The Labute approximate surface area is 238 Å². The normalized spacial score (nSPS) is 21.0. The van der Waals surface area contributed by atoms with Gasteiger partial charge in [-0.25, -0.2) is 23.1 Å². The second-order valence-electron chi connectivity index (χ2n) is 11.0. The van der Waals surface area contributed by atoms with Gasteiger partial charge in [0.25, 0.3) is 0 Å². The lowest BCUT2D eigenvalue weighted by molar-refractivity contribution is -0.0601. The summed E-state index contributed by atoms with van der Waals surface area (Å²) in [6, 6.07) is 2.40. The minimum absolute atomic E-state index is 0.114. The van der Waals surface area contributed by atoms with Crippen molar-refractivity contribution in [2.75, 3.05) is 17.3 Å². The number of nitrogens with one attached hydrogen (secondary N) is 1. The molecule has 0 aliphatic heterocycles. The Bertz CT molecular complexity index is 1590. The number of aliphatic hydroxyl groups excluding tert-OH is 2. The maximum Gasteiger partial charge on any atom is 0.227 e. The number of aromatic nitrogens is 4. The smallest absolute Gasteiger partial charge is 0.227 e. The van der Waals surface area contributed by atoms with Crippen LogP contribution in [0.5, 0.6) is 0 Å². The molecular weight excluding hydrogens is 557 g/mol. The van der Waals surface area contributed by atoms with Crippen LogP contribution in [0.4, 0.5) is 24.9 Å². The van der Waals surface area contributed by atoms with Gasteiger partial charge in [-0.05, 0) is 40.2 Å². The fourth-order valence-corrected chi connectivity index (χ4v) is 6.37. The fourth-order valence-electron chi connectivity index (χ4n) is 5.26. The molecule has 1 aromatic carbocycles. The second kappa shape index (κ2) is 10.8. The Morgan fingerprint density at radius 1 is 1.05 bits per heavy atom. The predicted octanol–water partition coefficient (Wildman–Crippen LogP) is 4.11. The summed E-state index contributed by atoms with van der Waals surface area (Å²) in [6.45, 7) is 6.47. The fraction of sp³-hybridized carbons (Fsp3) is 0.429. The number of hydrogen-bond donors (Lipinski definition) is 4. The minimum atomic E-state index is -1.24. The first-order valence-electron chi connectivity index (χ1n) is 13.0. The number of aryl methyl sites for hydroxylation is 2. The van der Waals surface area contributed by atoms with Crippen LogP contribution in [0.1, 0.15) is 37.2 Å². The van der Waals surface area contributed by atoms with E-state index in [0.29, 0.717) is 28.4 Å². The summed E-state index contributed by atoms with van der Waals surface area (Å²) in [5.41, 5.74) is 0.939. The van der Waals surface area contributed by atoms with Crippen LogP contribution in [-0.2, 0) is 6.54 Å². The third-order valence-electron chi connectivity index (χ3n) is 7.54.